The minimum absolute atomic E-state index is 0.0815. The molecule has 2 aliphatic heterocycles. The van der Waals surface area contributed by atoms with Crippen molar-refractivity contribution in [2.24, 2.45) is 11.8 Å². The lowest BCUT2D eigenvalue weighted by molar-refractivity contribution is -0.137. The van der Waals surface area contributed by atoms with Crippen LogP contribution in [0.25, 0.3) is 0 Å². The summed E-state index contributed by atoms with van der Waals surface area (Å²) in [7, 11) is 1.66. The van der Waals surface area contributed by atoms with Crippen molar-refractivity contribution in [2.45, 2.75) is 38.0 Å². The lowest BCUT2D eigenvalue weighted by Crippen LogP contribution is -2.42. The zero-order valence-electron chi connectivity index (χ0n) is 15.5. The maximum Gasteiger partial charge on any atom is 0.228 e. The number of rotatable bonds is 4. The molecule has 140 valence electrons. The molecule has 1 aromatic carbocycles. The number of carbonyl (C=O) groups excluding carboxylic acids is 2. The van der Waals surface area contributed by atoms with Crippen molar-refractivity contribution in [3.63, 3.8) is 0 Å². The largest absolute Gasteiger partial charge is 0.497 e. The smallest absolute Gasteiger partial charge is 0.228 e. The highest BCUT2D eigenvalue weighted by Gasteiger charge is 2.45. The number of hydrogen-bond acceptors (Lipinski definition) is 3. The zero-order valence-corrected chi connectivity index (χ0v) is 15.5. The molecule has 4 rings (SSSR count). The Kier molecular flexibility index (Phi) is 4.88. The van der Waals surface area contributed by atoms with Crippen LogP contribution in [0.3, 0.4) is 0 Å². The van der Waals surface area contributed by atoms with E-state index in [1.54, 1.807) is 7.11 Å². The van der Waals surface area contributed by atoms with E-state index in [1.165, 1.54) is 6.42 Å². The number of piperidine rings is 1. The van der Waals surface area contributed by atoms with Gasteiger partial charge in [-0.3, -0.25) is 9.59 Å². The number of nitrogens with zero attached hydrogens (tertiary/aromatic N) is 2. The molecule has 1 aromatic rings. The number of ether oxygens (including phenoxy) is 1. The van der Waals surface area contributed by atoms with Crippen molar-refractivity contribution in [2.75, 3.05) is 33.3 Å². The second-order valence-electron chi connectivity index (χ2n) is 7.89. The molecule has 2 atom stereocenters. The van der Waals surface area contributed by atoms with Gasteiger partial charge < -0.3 is 14.5 Å². The predicted molar refractivity (Wildman–Crippen MR) is 99.0 cm³/mol. The monoisotopic (exact) mass is 356 g/mol. The first kappa shape index (κ1) is 17.4. The maximum atomic E-state index is 13.2. The van der Waals surface area contributed by atoms with E-state index in [0.717, 1.165) is 50.1 Å². The van der Waals surface area contributed by atoms with E-state index in [0.29, 0.717) is 13.1 Å². The number of likely N-dealkylation sites (tertiary alicyclic amines) is 2. The molecule has 0 N–H and O–H groups in total. The third kappa shape index (κ3) is 3.44. The van der Waals surface area contributed by atoms with Crippen LogP contribution in [0.5, 0.6) is 5.75 Å². The number of hydrogen-bond donors (Lipinski definition) is 0. The SMILES string of the molecule is COc1ccc(C2CN(C(=O)C3CC3)CC2C(=O)N2CCCCC2)cc1. The Balaban J connectivity index is 1.56. The van der Waals surface area contributed by atoms with Gasteiger partial charge in [-0.2, -0.15) is 0 Å². The van der Waals surface area contributed by atoms with E-state index >= 15 is 0 Å². The standard InChI is InChI=1S/C21H28N2O3/c1-26-17-9-7-15(8-10-17)18-13-23(20(24)16-5-6-16)14-19(18)21(25)22-11-3-2-4-12-22/h7-10,16,18-19H,2-6,11-14H2,1H3. The Bertz CT molecular complexity index is 662. The molecule has 5 heteroatoms. The fraction of sp³-hybridized carbons (Fsp3) is 0.619. The number of carbonyl (C=O) groups is 2. The number of amides is 2. The summed E-state index contributed by atoms with van der Waals surface area (Å²) in [6.45, 7) is 2.95. The minimum atomic E-state index is -0.121. The predicted octanol–water partition coefficient (Wildman–Crippen LogP) is 2.66. The van der Waals surface area contributed by atoms with E-state index in [2.05, 4.69) is 0 Å². The number of benzene rings is 1. The van der Waals surface area contributed by atoms with Gasteiger partial charge in [0.1, 0.15) is 5.75 Å². The van der Waals surface area contributed by atoms with Gasteiger partial charge in [0.2, 0.25) is 11.8 Å². The third-order valence-electron chi connectivity index (χ3n) is 6.09. The van der Waals surface area contributed by atoms with Crippen LogP contribution in [-0.2, 0) is 9.59 Å². The first-order valence-corrected chi connectivity index (χ1v) is 9.89. The van der Waals surface area contributed by atoms with Crippen LogP contribution >= 0.6 is 0 Å². The Labute approximate surface area is 155 Å². The van der Waals surface area contributed by atoms with Crippen LogP contribution in [0, 0.1) is 11.8 Å². The minimum Gasteiger partial charge on any atom is -0.497 e. The van der Waals surface area contributed by atoms with E-state index in [1.807, 2.05) is 34.1 Å². The lowest BCUT2D eigenvalue weighted by atomic mass is 9.87. The van der Waals surface area contributed by atoms with Crippen LogP contribution in [0.1, 0.15) is 43.6 Å². The van der Waals surface area contributed by atoms with Crippen LogP contribution in [-0.4, -0.2) is 54.9 Å². The van der Waals surface area contributed by atoms with E-state index in [-0.39, 0.29) is 29.6 Å². The van der Waals surface area contributed by atoms with Crippen LogP contribution < -0.4 is 4.74 Å². The molecule has 1 aliphatic carbocycles. The molecular formula is C21H28N2O3. The van der Waals surface area contributed by atoms with Gasteiger partial charge in [-0.1, -0.05) is 12.1 Å². The summed E-state index contributed by atoms with van der Waals surface area (Å²) >= 11 is 0. The van der Waals surface area contributed by atoms with Gasteiger partial charge in [0.15, 0.2) is 0 Å². The first-order valence-electron chi connectivity index (χ1n) is 9.89. The Hall–Kier alpha value is -2.04. The summed E-state index contributed by atoms with van der Waals surface area (Å²) in [6, 6.07) is 7.99. The molecule has 2 unspecified atom stereocenters. The molecule has 5 nitrogen and oxygen atoms in total. The average molecular weight is 356 g/mol. The van der Waals surface area contributed by atoms with Crippen LogP contribution in [0.15, 0.2) is 24.3 Å². The normalized spacial score (nSPS) is 26.0. The Morgan fingerprint density at radius 2 is 1.62 bits per heavy atom. The molecule has 2 heterocycles. The third-order valence-corrected chi connectivity index (χ3v) is 6.09. The molecule has 3 aliphatic rings. The second kappa shape index (κ2) is 7.29. The first-order chi connectivity index (χ1) is 12.7. The van der Waals surface area contributed by atoms with E-state index in [9.17, 15) is 9.59 Å². The summed E-state index contributed by atoms with van der Waals surface area (Å²) in [5.41, 5.74) is 1.13. The Morgan fingerprint density at radius 1 is 0.923 bits per heavy atom. The van der Waals surface area contributed by atoms with Crippen molar-refractivity contribution in [1.82, 2.24) is 9.80 Å². The van der Waals surface area contributed by atoms with Crippen molar-refractivity contribution < 1.29 is 14.3 Å². The van der Waals surface area contributed by atoms with Gasteiger partial charge in [0.05, 0.1) is 13.0 Å². The summed E-state index contributed by atoms with van der Waals surface area (Å²) in [5, 5.41) is 0. The molecule has 0 bridgehead atoms. The highest BCUT2D eigenvalue weighted by molar-refractivity contribution is 5.85. The van der Waals surface area contributed by atoms with Crippen molar-refractivity contribution >= 4 is 11.8 Å². The lowest BCUT2D eigenvalue weighted by Gasteiger charge is -2.31. The fourth-order valence-corrected chi connectivity index (χ4v) is 4.36. The summed E-state index contributed by atoms with van der Waals surface area (Å²) in [4.78, 5) is 29.8. The molecule has 0 aromatic heterocycles. The highest BCUT2D eigenvalue weighted by Crippen LogP contribution is 2.39. The Morgan fingerprint density at radius 3 is 2.23 bits per heavy atom. The molecule has 2 amide bonds. The zero-order chi connectivity index (χ0) is 18.1. The highest BCUT2D eigenvalue weighted by atomic mass is 16.5. The fourth-order valence-electron chi connectivity index (χ4n) is 4.36. The van der Waals surface area contributed by atoms with E-state index < -0.39 is 0 Å². The summed E-state index contributed by atoms with van der Waals surface area (Å²) in [5.74, 6) is 1.46. The second-order valence-corrected chi connectivity index (χ2v) is 7.89. The van der Waals surface area contributed by atoms with Crippen LogP contribution in [0.2, 0.25) is 0 Å². The maximum absolute atomic E-state index is 13.2. The van der Waals surface area contributed by atoms with Gasteiger partial charge in [-0.15, -0.1) is 0 Å². The molecule has 26 heavy (non-hydrogen) atoms. The van der Waals surface area contributed by atoms with Crippen LogP contribution in [0.4, 0.5) is 0 Å². The molecule has 0 spiro atoms. The summed E-state index contributed by atoms with van der Waals surface area (Å²) in [6.07, 6.45) is 5.41. The molecular weight excluding hydrogens is 328 g/mol. The average Bonchev–Trinajstić information content (AvgIpc) is 3.46. The summed E-state index contributed by atoms with van der Waals surface area (Å²) < 4.78 is 5.26. The van der Waals surface area contributed by atoms with Gasteiger partial charge in [0.25, 0.3) is 0 Å². The van der Waals surface area contributed by atoms with E-state index in [4.69, 9.17) is 4.74 Å². The van der Waals surface area contributed by atoms with Crippen molar-refractivity contribution in [1.29, 1.82) is 0 Å². The molecule has 0 radical (unpaired) electrons. The van der Waals surface area contributed by atoms with Crippen molar-refractivity contribution in [3.05, 3.63) is 29.8 Å². The van der Waals surface area contributed by atoms with Gasteiger partial charge >= 0.3 is 0 Å². The van der Waals surface area contributed by atoms with Gasteiger partial charge in [-0.05, 0) is 49.8 Å². The van der Waals surface area contributed by atoms with Gasteiger partial charge in [-0.25, -0.2) is 0 Å². The molecule has 2 saturated heterocycles. The quantitative estimate of drug-likeness (QED) is 0.833. The number of methoxy groups -OCH3 is 1. The topological polar surface area (TPSA) is 49.9 Å². The van der Waals surface area contributed by atoms with Crippen molar-refractivity contribution in [3.8, 4) is 5.75 Å². The molecule has 3 fully saturated rings. The molecule has 1 saturated carbocycles. The van der Waals surface area contributed by atoms with Gasteiger partial charge in [0, 0.05) is 38.0 Å².